The number of halogens is 6. The first-order valence-electron chi connectivity index (χ1n) is 27.9. The van der Waals surface area contributed by atoms with Gasteiger partial charge in [-0.3, -0.25) is 42.9 Å². The molecule has 6 aliphatic heterocycles. The molecule has 3 aromatic carbocycles. The maximum atomic E-state index is 14.2. The van der Waals surface area contributed by atoms with Gasteiger partial charge in [-0.1, -0.05) is 15.9 Å². The normalized spacial score (nSPS) is 18.8. The van der Waals surface area contributed by atoms with E-state index in [1.807, 2.05) is 0 Å². The molecule has 0 spiro atoms. The van der Waals surface area contributed by atoms with Gasteiger partial charge in [0.15, 0.2) is 5.82 Å². The Morgan fingerprint density at radius 2 is 0.899 bits per heavy atom. The van der Waals surface area contributed by atoms with Crippen LogP contribution < -0.4 is 16.0 Å². The number of aromatic nitrogens is 6. The van der Waals surface area contributed by atoms with Crippen molar-refractivity contribution in [2.45, 2.75) is 90.7 Å². The lowest BCUT2D eigenvalue weighted by Gasteiger charge is -2.27. The van der Waals surface area contributed by atoms with Gasteiger partial charge >= 0.3 is 18.1 Å². The number of nitrogens with zero attached hydrogens (tertiary/aromatic N) is 12. The highest BCUT2D eigenvalue weighted by molar-refractivity contribution is 9.10. The Hall–Kier alpha value is -8.60. The second-order valence-corrected chi connectivity index (χ2v) is 22.5. The van der Waals surface area contributed by atoms with E-state index >= 15 is 0 Å². The van der Waals surface area contributed by atoms with Gasteiger partial charge in [-0.25, -0.2) is 51.5 Å². The first-order chi connectivity index (χ1) is 42.4. The number of benzene rings is 3. The van der Waals surface area contributed by atoms with Gasteiger partial charge in [-0.2, -0.15) is 15.3 Å². The summed E-state index contributed by atoms with van der Waals surface area (Å²) in [5.41, 5.74) is 4.73. The van der Waals surface area contributed by atoms with E-state index in [2.05, 4.69) is 47.2 Å². The Labute approximate surface area is 512 Å². The number of aryl methyl sites for hydroxylation is 1. The van der Waals surface area contributed by atoms with Crippen molar-refractivity contribution in [3.63, 3.8) is 0 Å². The lowest BCUT2D eigenvalue weighted by atomic mass is 10.1. The molecule has 27 nitrogen and oxygen atoms in total. The third-order valence-corrected chi connectivity index (χ3v) is 16.0. The van der Waals surface area contributed by atoms with E-state index in [0.29, 0.717) is 88.5 Å². The maximum Gasteiger partial charge on any atom is 0.322 e. The molecule has 6 aliphatic rings. The number of amides is 9. The van der Waals surface area contributed by atoms with Crippen molar-refractivity contribution >= 4 is 68.8 Å². The largest absolute Gasteiger partial charge is 0.393 e. The number of carbonyl (C=O) groups excluding carboxylic acids is 6. The minimum atomic E-state index is -0.868. The van der Waals surface area contributed by atoms with Crippen molar-refractivity contribution < 1.29 is 80.6 Å². The van der Waals surface area contributed by atoms with Gasteiger partial charge in [0.25, 0.3) is 17.7 Å². The zero-order valence-electron chi connectivity index (χ0n) is 48.5. The number of urea groups is 3. The molecule has 0 unspecified atom stereocenters. The number of anilines is 3. The zero-order chi connectivity index (χ0) is 63.9. The molecule has 33 heteroatoms. The summed E-state index contributed by atoms with van der Waals surface area (Å²) in [6, 6.07) is 6.91. The number of hydroxylamine groups is 6. The SMILES string of the molecule is CN1O[C@H](CO)Cn2nc3c(c2C1=O)CN(C(=O)Nc1cc(Br)ccc1F)CC3.Cc1c(F)ccc(NC(=O)N2CCc3nn4c(c3C2)C(=O)N(C)O[C@H](CO)C4)c1F.Cc1cc(NC(=O)N2CCc3nn4c(c3C2)C(=O)N(C)O[C@H](CO)C4)c(F)cc1F. The maximum absolute atomic E-state index is 14.2. The van der Waals surface area contributed by atoms with E-state index in [9.17, 15) is 66.0 Å². The molecule has 0 radical (unpaired) electrons. The van der Waals surface area contributed by atoms with Crippen LogP contribution in [0.25, 0.3) is 0 Å². The van der Waals surface area contributed by atoms with E-state index in [4.69, 9.17) is 14.5 Å². The Balaban J connectivity index is 0.000000147. The molecular weight excluding hydrogens is 1250 g/mol. The van der Waals surface area contributed by atoms with Crippen LogP contribution >= 0.6 is 15.9 Å². The molecule has 0 aliphatic carbocycles. The molecule has 6 N–H and O–H groups in total. The third kappa shape index (κ3) is 13.1. The Morgan fingerprint density at radius 1 is 0.528 bits per heavy atom. The minimum absolute atomic E-state index is 0.0685. The van der Waals surface area contributed by atoms with Crippen molar-refractivity contribution in [1.82, 2.24) is 59.2 Å². The smallest absolute Gasteiger partial charge is 0.322 e. The second kappa shape index (κ2) is 26.2. The lowest BCUT2D eigenvalue weighted by molar-refractivity contribution is -0.159. The molecular formula is C56H61BrF5N15O12. The second-order valence-electron chi connectivity index (χ2n) is 21.6. The molecule has 0 bridgehead atoms. The monoisotopic (exact) mass is 1310 g/mol. The van der Waals surface area contributed by atoms with E-state index in [0.717, 1.165) is 33.0 Å². The van der Waals surface area contributed by atoms with Crippen LogP contribution in [0.2, 0.25) is 0 Å². The van der Waals surface area contributed by atoms with Gasteiger partial charge in [0.1, 0.15) is 58.7 Å². The summed E-state index contributed by atoms with van der Waals surface area (Å²) in [7, 11) is 4.38. The molecule has 9 amide bonds. The number of aliphatic hydroxyl groups excluding tert-OH is 3. The van der Waals surface area contributed by atoms with Gasteiger partial charge in [0, 0.05) is 92.8 Å². The highest BCUT2D eigenvalue weighted by atomic mass is 79.9. The van der Waals surface area contributed by atoms with Crippen molar-refractivity contribution in [2.75, 3.05) is 76.5 Å². The molecule has 474 valence electrons. The summed E-state index contributed by atoms with van der Waals surface area (Å²) >= 11 is 3.26. The van der Waals surface area contributed by atoms with E-state index in [1.54, 1.807) is 6.07 Å². The number of carbonyl (C=O) groups is 6. The fourth-order valence-corrected chi connectivity index (χ4v) is 11.2. The summed E-state index contributed by atoms with van der Waals surface area (Å²) in [6.07, 6.45) is -0.544. The van der Waals surface area contributed by atoms with Crippen LogP contribution in [0.4, 0.5) is 53.4 Å². The molecule has 3 aromatic heterocycles. The van der Waals surface area contributed by atoms with Crippen molar-refractivity contribution in [3.8, 4) is 0 Å². The molecule has 0 saturated heterocycles. The average Bonchev–Trinajstić information content (AvgIpc) is 1.75. The molecule has 0 fully saturated rings. The number of hydrogen-bond acceptors (Lipinski definition) is 15. The van der Waals surface area contributed by atoms with Gasteiger partial charge in [0.2, 0.25) is 0 Å². The predicted octanol–water partition coefficient (Wildman–Crippen LogP) is 4.63. The van der Waals surface area contributed by atoms with Gasteiger partial charge < -0.3 is 46.0 Å². The number of rotatable bonds is 6. The van der Waals surface area contributed by atoms with Gasteiger partial charge in [-0.05, 0) is 55.8 Å². The molecule has 12 rings (SSSR count). The molecule has 6 aromatic rings. The van der Waals surface area contributed by atoms with E-state index < -0.39 is 83.2 Å². The summed E-state index contributed by atoms with van der Waals surface area (Å²) in [5, 5.41) is 52.4. The van der Waals surface area contributed by atoms with Crippen molar-refractivity contribution in [3.05, 3.63) is 138 Å². The summed E-state index contributed by atoms with van der Waals surface area (Å²) in [4.78, 5) is 97.0. The van der Waals surface area contributed by atoms with E-state index in [-0.39, 0.29) is 87.3 Å². The minimum Gasteiger partial charge on any atom is -0.393 e. The zero-order valence-corrected chi connectivity index (χ0v) is 50.1. The lowest BCUT2D eigenvalue weighted by Crippen LogP contribution is -2.40. The third-order valence-electron chi connectivity index (χ3n) is 15.5. The standard InChI is InChI=1S/2C19H21F2N5O4.C18H19BrFN5O4/c1-10-5-16(14(21)6-13(10)20)22-19(29)25-4-3-15-12(8-25)17-18(28)24(2)30-11(9-27)7-26(17)23-15;1-10-13(20)3-4-15(16(10)21)22-19(29)25-6-5-14-12(8-25)17-18(28)24(2)30-11(9-27)7-26(17)23-14;1-23-17(27)16-12-8-24(18(28)21-15-6-10(19)2-3-13(15)20)5-4-14(12)22-25(16)7-11(9-26)29-23/h5-6,11,27H,3-4,7-9H2,1-2H3,(H,22,29);3-4,11,27H,5-9H2,1-2H3,(H,22,29);2-3,6,11,26H,4-5,7-9H2,1H3,(H,21,28)/t3*11-/m000/s1. The average molecular weight is 1310 g/mol. The summed E-state index contributed by atoms with van der Waals surface area (Å²) in [6.45, 7) is 3.96. The highest BCUT2D eigenvalue weighted by Crippen LogP contribution is 2.32. The Kier molecular flexibility index (Phi) is 18.7. The first kappa shape index (κ1) is 63.4. The predicted molar refractivity (Wildman–Crippen MR) is 305 cm³/mol. The number of nitrogens with one attached hydrogen (secondary N) is 3. The van der Waals surface area contributed by atoms with Crippen LogP contribution in [-0.4, -0.2) is 189 Å². The van der Waals surface area contributed by atoms with Crippen LogP contribution in [0.15, 0.2) is 46.9 Å². The fourth-order valence-electron chi connectivity index (χ4n) is 10.8. The Morgan fingerprint density at radius 3 is 1.29 bits per heavy atom. The topological polar surface area (TPSA) is 300 Å². The molecule has 3 atom stereocenters. The van der Waals surface area contributed by atoms with Crippen LogP contribution in [0.1, 0.15) is 76.4 Å². The van der Waals surface area contributed by atoms with E-state index in [1.165, 1.54) is 88.0 Å². The molecule has 9 heterocycles. The van der Waals surface area contributed by atoms with Gasteiger partial charge in [-0.15, -0.1) is 0 Å². The van der Waals surface area contributed by atoms with Crippen LogP contribution in [0.5, 0.6) is 0 Å². The van der Waals surface area contributed by atoms with Crippen molar-refractivity contribution in [1.29, 1.82) is 0 Å². The number of hydrogen-bond donors (Lipinski definition) is 6. The highest BCUT2D eigenvalue weighted by Gasteiger charge is 2.39. The number of fused-ring (bicyclic) bond motifs is 9. The van der Waals surface area contributed by atoms with Gasteiger partial charge in [0.05, 0.1) is 93.2 Å². The first-order valence-corrected chi connectivity index (χ1v) is 28.7. The molecule has 89 heavy (non-hydrogen) atoms. The summed E-state index contributed by atoms with van der Waals surface area (Å²) in [5.74, 6) is -4.87. The summed E-state index contributed by atoms with van der Waals surface area (Å²) < 4.78 is 74.3. The van der Waals surface area contributed by atoms with Crippen molar-refractivity contribution in [2.24, 2.45) is 0 Å². The molecule has 0 saturated carbocycles. The van der Waals surface area contributed by atoms with Crippen LogP contribution in [0, 0.1) is 42.9 Å². The Bertz CT molecular complexity index is 3690. The quantitative estimate of drug-likeness (QED) is 0.124. The van der Waals surface area contributed by atoms with Crippen LogP contribution in [-0.2, 0) is 73.0 Å². The fraction of sp³-hybridized carbons (Fsp3) is 0.411. The number of aliphatic hydroxyl groups is 3. The van der Waals surface area contributed by atoms with Crippen LogP contribution in [0.3, 0.4) is 0 Å².